The molecule has 1 saturated heterocycles. The number of aromatic nitrogens is 1. The quantitative estimate of drug-likeness (QED) is 0.868. The summed E-state index contributed by atoms with van der Waals surface area (Å²) >= 11 is 0. The van der Waals surface area contributed by atoms with Crippen molar-refractivity contribution >= 4 is 22.6 Å². The lowest BCUT2D eigenvalue weighted by Gasteiger charge is -2.47. The van der Waals surface area contributed by atoms with Crippen molar-refractivity contribution in [3.05, 3.63) is 39.7 Å². The van der Waals surface area contributed by atoms with Crippen LogP contribution in [0.4, 0.5) is 14.5 Å². The fourth-order valence-corrected chi connectivity index (χ4v) is 3.74. The largest absolute Gasteiger partial charge is 0.477 e. The van der Waals surface area contributed by atoms with Crippen molar-refractivity contribution in [1.82, 2.24) is 4.57 Å². The first-order chi connectivity index (χ1) is 12.3. The Hall–Kier alpha value is -2.48. The topological polar surface area (TPSA) is 88.6 Å². The Bertz CT molecular complexity index is 984. The summed E-state index contributed by atoms with van der Waals surface area (Å²) in [5.74, 6) is -2.93. The monoisotopic (exact) mass is 363 g/mol. The molecule has 0 bridgehead atoms. The highest BCUT2D eigenvalue weighted by Gasteiger charge is 2.39. The Morgan fingerprint density at radius 3 is 2.62 bits per heavy atom. The van der Waals surface area contributed by atoms with Gasteiger partial charge < -0.3 is 20.3 Å². The molecule has 0 amide bonds. The minimum atomic E-state index is -1.40. The van der Waals surface area contributed by atoms with Crippen LogP contribution in [0, 0.1) is 17.6 Å². The number of hydrogen-bond acceptors (Lipinski definition) is 4. The van der Waals surface area contributed by atoms with Gasteiger partial charge in [0, 0.05) is 30.7 Å². The van der Waals surface area contributed by atoms with Gasteiger partial charge in [-0.1, -0.05) is 0 Å². The molecule has 6 nitrogen and oxygen atoms in total. The molecule has 4 rings (SSSR count). The van der Waals surface area contributed by atoms with Crippen molar-refractivity contribution < 1.29 is 18.7 Å². The number of anilines is 1. The molecule has 3 N–H and O–H groups in total. The zero-order chi connectivity index (χ0) is 18.7. The molecule has 0 radical (unpaired) electrons. The number of rotatable bonds is 4. The summed E-state index contributed by atoms with van der Waals surface area (Å²) in [6, 6.07) is 0.777. The maximum Gasteiger partial charge on any atom is 0.341 e. The number of benzene rings is 1. The molecule has 8 heteroatoms. The number of halogens is 2. The van der Waals surface area contributed by atoms with Gasteiger partial charge in [-0.15, -0.1) is 0 Å². The zero-order valence-corrected chi connectivity index (χ0v) is 14.2. The Morgan fingerprint density at radius 1 is 1.38 bits per heavy atom. The van der Waals surface area contributed by atoms with Gasteiger partial charge in [-0.2, -0.15) is 0 Å². The van der Waals surface area contributed by atoms with Gasteiger partial charge in [0.05, 0.1) is 10.9 Å². The number of nitrogens with two attached hydrogens (primary N) is 1. The second-order valence-electron chi connectivity index (χ2n) is 7.12. The van der Waals surface area contributed by atoms with Crippen molar-refractivity contribution in [1.29, 1.82) is 0 Å². The summed E-state index contributed by atoms with van der Waals surface area (Å²) in [5.41, 5.74) is 4.11. The molecule has 26 heavy (non-hydrogen) atoms. The first-order valence-electron chi connectivity index (χ1n) is 8.62. The van der Waals surface area contributed by atoms with Crippen molar-refractivity contribution in [2.45, 2.75) is 31.8 Å². The number of fused-ring (bicyclic) bond motifs is 1. The Morgan fingerprint density at radius 2 is 2.08 bits per heavy atom. The van der Waals surface area contributed by atoms with Gasteiger partial charge in [-0.05, 0) is 32.4 Å². The van der Waals surface area contributed by atoms with Crippen LogP contribution < -0.4 is 16.1 Å². The van der Waals surface area contributed by atoms with Crippen molar-refractivity contribution in [3.63, 3.8) is 0 Å². The number of carboxylic acid groups (broad SMARTS) is 1. The van der Waals surface area contributed by atoms with E-state index in [1.54, 1.807) is 4.90 Å². The number of nitrogens with zero attached hydrogens (tertiary/aromatic N) is 2. The average Bonchev–Trinajstić information content (AvgIpc) is 3.42. The Balaban J connectivity index is 1.98. The summed E-state index contributed by atoms with van der Waals surface area (Å²) < 4.78 is 31.5. The molecule has 2 heterocycles. The lowest BCUT2D eigenvalue weighted by Crippen LogP contribution is -2.58. The molecule has 1 aliphatic heterocycles. The molecule has 0 unspecified atom stereocenters. The molecule has 2 fully saturated rings. The molecule has 2 atom stereocenters. The van der Waals surface area contributed by atoms with E-state index in [1.807, 2.05) is 6.92 Å². The second kappa shape index (κ2) is 5.77. The third-order valence-electron chi connectivity index (χ3n) is 5.55. The molecular formula is C18H19F2N3O3. The first-order valence-corrected chi connectivity index (χ1v) is 8.62. The van der Waals surface area contributed by atoms with Crippen LogP contribution in [-0.2, 0) is 0 Å². The molecule has 1 saturated carbocycles. The third-order valence-corrected chi connectivity index (χ3v) is 5.55. The van der Waals surface area contributed by atoms with Gasteiger partial charge in [-0.3, -0.25) is 4.79 Å². The van der Waals surface area contributed by atoms with Crippen molar-refractivity contribution in [2.75, 3.05) is 18.0 Å². The van der Waals surface area contributed by atoms with Crippen LogP contribution in [0.2, 0.25) is 0 Å². The van der Waals surface area contributed by atoms with Gasteiger partial charge in [0.15, 0.2) is 5.82 Å². The van der Waals surface area contributed by atoms with E-state index in [2.05, 4.69) is 0 Å². The van der Waals surface area contributed by atoms with Crippen molar-refractivity contribution in [2.24, 2.45) is 11.7 Å². The fraction of sp³-hybridized carbons (Fsp3) is 0.444. The van der Waals surface area contributed by atoms with Crippen molar-refractivity contribution in [3.8, 4) is 0 Å². The molecule has 1 aromatic carbocycles. The van der Waals surface area contributed by atoms with Crippen LogP contribution in [0.25, 0.3) is 10.9 Å². The normalized spacial score (nSPS) is 22.5. The lowest BCUT2D eigenvalue weighted by atomic mass is 9.89. The van der Waals surface area contributed by atoms with E-state index >= 15 is 4.39 Å². The standard InChI is InChI=1S/C18H19F2N3O3/c1-8-9(5-21)6-22(8)16-13(19)4-11-15(14(16)20)23(10-2-3-10)7-12(17(11)24)18(25)26/h4,7-10H,2-3,5-6,21H2,1H3,(H,25,26)/t8-,9+/m1/s1. The SMILES string of the molecule is C[C@@H]1[C@@H](CN)CN1c1c(F)cc2c(=O)c(C(=O)O)cn(C3CC3)c2c1F. The van der Waals surface area contributed by atoms with Crippen LogP contribution >= 0.6 is 0 Å². The smallest absolute Gasteiger partial charge is 0.341 e. The van der Waals surface area contributed by atoms with Crippen LogP contribution in [0.1, 0.15) is 36.2 Å². The predicted octanol–water partition coefficient (Wildman–Crippen LogP) is 2.10. The maximum atomic E-state index is 15.3. The third kappa shape index (κ3) is 2.32. The predicted molar refractivity (Wildman–Crippen MR) is 92.7 cm³/mol. The fourth-order valence-electron chi connectivity index (χ4n) is 3.74. The van der Waals surface area contributed by atoms with Gasteiger partial charge >= 0.3 is 5.97 Å². The van der Waals surface area contributed by atoms with Crippen LogP contribution in [-0.4, -0.2) is 34.8 Å². The molecular weight excluding hydrogens is 344 g/mol. The van der Waals surface area contributed by atoms with E-state index in [1.165, 1.54) is 10.8 Å². The van der Waals surface area contributed by atoms with E-state index in [-0.39, 0.29) is 34.6 Å². The highest BCUT2D eigenvalue weighted by Crippen LogP contribution is 2.41. The van der Waals surface area contributed by atoms with Gasteiger partial charge in [0.2, 0.25) is 5.43 Å². The van der Waals surface area contributed by atoms with E-state index in [4.69, 9.17) is 5.73 Å². The number of aromatic carboxylic acids is 1. The zero-order valence-electron chi connectivity index (χ0n) is 14.2. The lowest BCUT2D eigenvalue weighted by molar-refractivity contribution is 0.0695. The summed E-state index contributed by atoms with van der Waals surface area (Å²) in [5, 5.41) is 9.01. The summed E-state index contributed by atoms with van der Waals surface area (Å²) in [6.45, 7) is 2.73. The molecule has 2 aliphatic rings. The Labute approximate surface area is 147 Å². The Kier molecular flexibility index (Phi) is 3.76. The average molecular weight is 363 g/mol. The molecule has 1 aromatic heterocycles. The van der Waals surface area contributed by atoms with Crippen LogP contribution in [0.3, 0.4) is 0 Å². The highest BCUT2D eigenvalue weighted by atomic mass is 19.1. The number of carboxylic acids is 1. The van der Waals surface area contributed by atoms with E-state index < -0.39 is 28.6 Å². The van der Waals surface area contributed by atoms with Crippen LogP contribution in [0.5, 0.6) is 0 Å². The van der Waals surface area contributed by atoms with E-state index in [0.29, 0.717) is 13.1 Å². The summed E-state index contributed by atoms with van der Waals surface area (Å²) in [6.07, 6.45) is 2.70. The molecule has 2 aromatic rings. The van der Waals surface area contributed by atoms with Gasteiger partial charge in [0.25, 0.3) is 0 Å². The van der Waals surface area contributed by atoms with Gasteiger partial charge in [-0.25, -0.2) is 13.6 Å². The van der Waals surface area contributed by atoms with Gasteiger partial charge in [0.1, 0.15) is 17.1 Å². The maximum absolute atomic E-state index is 15.3. The second-order valence-corrected chi connectivity index (χ2v) is 7.12. The minimum absolute atomic E-state index is 0.0256. The molecule has 138 valence electrons. The summed E-state index contributed by atoms with van der Waals surface area (Å²) in [7, 11) is 0. The van der Waals surface area contributed by atoms with E-state index in [9.17, 15) is 19.1 Å². The summed E-state index contributed by atoms with van der Waals surface area (Å²) in [4.78, 5) is 25.4. The number of pyridine rings is 1. The number of hydrogen-bond donors (Lipinski definition) is 2. The molecule has 0 spiro atoms. The highest BCUT2D eigenvalue weighted by molar-refractivity contribution is 5.94. The number of carbonyl (C=O) groups is 1. The minimum Gasteiger partial charge on any atom is -0.477 e. The molecule has 1 aliphatic carbocycles. The van der Waals surface area contributed by atoms with Crippen LogP contribution in [0.15, 0.2) is 17.1 Å². The van der Waals surface area contributed by atoms with E-state index in [0.717, 1.165) is 18.9 Å². The first kappa shape index (κ1) is 17.0.